The van der Waals surface area contributed by atoms with E-state index >= 15 is 0 Å². The van der Waals surface area contributed by atoms with Crippen LogP contribution in [0.4, 0.5) is 0 Å². The molecule has 2 atom stereocenters. The second-order valence-electron chi connectivity index (χ2n) is 2.75. The normalized spacial score (nSPS) is 15.1. The van der Waals surface area contributed by atoms with Gasteiger partial charge in [-0.3, -0.25) is 5.32 Å². The topological polar surface area (TPSA) is 49.0 Å². The second-order valence-corrected chi connectivity index (χ2v) is 2.75. The predicted octanol–water partition coefficient (Wildman–Crippen LogP) is 1.84. The molecule has 0 aliphatic heterocycles. The summed E-state index contributed by atoms with van der Waals surface area (Å²) in [6, 6.07) is 5.78. The monoisotopic (exact) mass is 164 g/mol. The maximum atomic E-state index is 8.54. The van der Waals surface area contributed by atoms with Gasteiger partial charge >= 0.3 is 0 Å². The molecular weight excluding hydrogens is 152 g/mol. The van der Waals surface area contributed by atoms with Crippen LogP contribution in [0.2, 0.25) is 0 Å². The molecule has 0 fully saturated rings. The lowest BCUT2D eigenvalue weighted by Crippen LogP contribution is -2.27. The average Bonchev–Trinajstić information content (AvgIpc) is 2.56. The van der Waals surface area contributed by atoms with Gasteiger partial charge in [-0.25, -0.2) is 0 Å². The molecule has 0 spiro atoms. The SMILES string of the molecule is CC(C#N)NC(C)c1ccco1. The number of rotatable bonds is 3. The molecule has 0 saturated carbocycles. The van der Waals surface area contributed by atoms with Crippen LogP contribution in [-0.4, -0.2) is 6.04 Å². The summed E-state index contributed by atoms with van der Waals surface area (Å²) in [4.78, 5) is 0. The third kappa shape index (κ3) is 2.11. The van der Waals surface area contributed by atoms with E-state index in [0.29, 0.717) is 0 Å². The molecule has 0 aliphatic rings. The summed E-state index contributed by atoms with van der Waals surface area (Å²) >= 11 is 0. The minimum absolute atomic E-state index is 0.0923. The Morgan fingerprint density at radius 3 is 2.83 bits per heavy atom. The van der Waals surface area contributed by atoms with E-state index in [1.807, 2.05) is 26.0 Å². The Kier molecular flexibility index (Phi) is 2.89. The van der Waals surface area contributed by atoms with E-state index in [1.165, 1.54) is 0 Å². The zero-order valence-electron chi connectivity index (χ0n) is 7.24. The van der Waals surface area contributed by atoms with E-state index < -0.39 is 0 Å². The van der Waals surface area contributed by atoms with Crippen LogP contribution in [-0.2, 0) is 0 Å². The Balaban J connectivity index is 2.51. The first kappa shape index (κ1) is 8.82. The molecule has 3 nitrogen and oxygen atoms in total. The molecule has 0 aromatic carbocycles. The van der Waals surface area contributed by atoms with Crippen molar-refractivity contribution in [3.8, 4) is 6.07 Å². The van der Waals surface area contributed by atoms with Crippen LogP contribution in [0.1, 0.15) is 25.6 Å². The Morgan fingerprint density at radius 1 is 1.58 bits per heavy atom. The van der Waals surface area contributed by atoms with E-state index in [2.05, 4.69) is 11.4 Å². The van der Waals surface area contributed by atoms with Crippen molar-refractivity contribution in [3.63, 3.8) is 0 Å². The molecule has 0 aliphatic carbocycles. The van der Waals surface area contributed by atoms with Crippen molar-refractivity contribution in [3.05, 3.63) is 24.2 Å². The third-order valence-corrected chi connectivity index (χ3v) is 1.66. The van der Waals surface area contributed by atoms with Gasteiger partial charge in [-0.2, -0.15) is 5.26 Å². The number of nitrogens with one attached hydrogen (secondary N) is 1. The minimum atomic E-state index is -0.148. The fourth-order valence-corrected chi connectivity index (χ4v) is 1.03. The fraction of sp³-hybridized carbons (Fsp3) is 0.444. The number of hydrogen-bond donors (Lipinski definition) is 1. The summed E-state index contributed by atoms with van der Waals surface area (Å²) < 4.78 is 5.17. The minimum Gasteiger partial charge on any atom is -0.468 e. The highest BCUT2D eigenvalue weighted by Crippen LogP contribution is 2.12. The van der Waals surface area contributed by atoms with Crippen LogP contribution in [0.3, 0.4) is 0 Å². The Labute approximate surface area is 72.0 Å². The molecule has 1 N–H and O–H groups in total. The van der Waals surface area contributed by atoms with E-state index in [1.54, 1.807) is 6.26 Å². The summed E-state index contributed by atoms with van der Waals surface area (Å²) in [7, 11) is 0. The summed E-state index contributed by atoms with van der Waals surface area (Å²) in [5.74, 6) is 0.858. The van der Waals surface area contributed by atoms with Gasteiger partial charge in [0.15, 0.2) is 0 Å². The van der Waals surface area contributed by atoms with Gasteiger partial charge in [0.2, 0.25) is 0 Å². The highest BCUT2D eigenvalue weighted by Gasteiger charge is 2.09. The lowest BCUT2D eigenvalue weighted by atomic mass is 10.2. The Morgan fingerprint density at radius 2 is 2.33 bits per heavy atom. The van der Waals surface area contributed by atoms with Crippen molar-refractivity contribution >= 4 is 0 Å². The summed E-state index contributed by atoms with van der Waals surface area (Å²) in [6.07, 6.45) is 1.63. The van der Waals surface area contributed by atoms with Crippen molar-refractivity contribution in [1.82, 2.24) is 5.32 Å². The lowest BCUT2D eigenvalue weighted by Gasteiger charge is -2.11. The molecule has 1 heterocycles. The quantitative estimate of drug-likeness (QED) is 0.741. The zero-order valence-corrected chi connectivity index (χ0v) is 7.24. The zero-order chi connectivity index (χ0) is 8.97. The van der Waals surface area contributed by atoms with Crippen molar-refractivity contribution in [2.75, 3.05) is 0 Å². The van der Waals surface area contributed by atoms with Crippen LogP contribution < -0.4 is 5.32 Å². The van der Waals surface area contributed by atoms with E-state index in [9.17, 15) is 0 Å². The summed E-state index contributed by atoms with van der Waals surface area (Å²) in [6.45, 7) is 3.78. The first-order valence-electron chi connectivity index (χ1n) is 3.93. The van der Waals surface area contributed by atoms with E-state index in [-0.39, 0.29) is 12.1 Å². The van der Waals surface area contributed by atoms with Crippen LogP contribution >= 0.6 is 0 Å². The van der Waals surface area contributed by atoms with Crippen LogP contribution in [0.15, 0.2) is 22.8 Å². The molecule has 1 rings (SSSR count). The molecule has 1 aromatic heterocycles. The Hall–Kier alpha value is -1.27. The standard InChI is InChI=1S/C9H12N2O/c1-7(6-10)11-8(2)9-4-3-5-12-9/h3-5,7-8,11H,1-2H3. The molecule has 2 unspecified atom stereocenters. The largest absolute Gasteiger partial charge is 0.468 e. The highest BCUT2D eigenvalue weighted by atomic mass is 16.3. The van der Waals surface area contributed by atoms with Crippen molar-refractivity contribution < 1.29 is 4.42 Å². The van der Waals surface area contributed by atoms with Gasteiger partial charge in [0.25, 0.3) is 0 Å². The lowest BCUT2D eigenvalue weighted by molar-refractivity contribution is 0.421. The smallest absolute Gasteiger partial charge is 0.120 e. The van der Waals surface area contributed by atoms with Gasteiger partial charge in [-0.1, -0.05) is 0 Å². The van der Waals surface area contributed by atoms with Crippen LogP contribution in [0.5, 0.6) is 0 Å². The average molecular weight is 164 g/mol. The van der Waals surface area contributed by atoms with E-state index in [4.69, 9.17) is 9.68 Å². The predicted molar refractivity (Wildman–Crippen MR) is 45.3 cm³/mol. The third-order valence-electron chi connectivity index (χ3n) is 1.66. The van der Waals surface area contributed by atoms with Gasteiger partial charge in [0.05, 0.1) is 24.4 Å². The number of nitriles is 1. The molecule has 3 heteroatoms. The molecule has 1 aromatic rings. The number of hydrogen-bond acceptors (Lipinski definition) is 3. The van der Waals surface area contributed by atoms with E-state index in [0.717, 1.165) is 5.76 Å². The molecule has 12 heavy (non-hydrogen) atoms. The summed E-state index contributed by atoms with van der Waals surface area (Å²) in [5, 5.41) is 11.6. The maximum absolute atomic E-state index is 8.54. The van der Waals surface area contributed by atoms with Gasteiger partial charge in [0.1, 0.15) is 5.76 Å². The molecule has 0 amide bonds. The molecule has 0 bridgehead atoms. The molecule has 0 saturated heterocycles. The van der Waals surface area contributed by atoms with Crippen molar-refractivity contribution in [2.45, 2.75) is 25.9 Å². The molecular formula is C9H12N2O. The second kappa shape index (κ2) is 3.93. The van der Waals surface area contributed by atoms with Crippen LogP contribution in [0.25, 0.3) is 0 Å². The Bertz CT molecular complexity index is 261. The summed E-state index contributed by atoms with van der Waals surface area (Å²) in [5.41, 5.74) is 0. The first-order valence-corrected chi connectivity index (χ1v) is 3.93. The highest BCUT2D eigenvalue weighted by molar-refractivity contribution is 5.04. The van der Waals surface area contributed by atoms with Crippen molar-refractivity contribution in [1.29, 1.82) is 5.26 Å². The molecule has 64 valence electrons. The van der Waals surface area contributed by atoms with Gasteiger partial charge in [0, 0.05) is 0 Å². The van der Waals surface area contributed by atoms with Gasteiger partial charge < -0.3 is 4.42 Å². The number of nitrogens with zero attached hydrogens (tertiary/aromatic N) is 1. The van der Waals surface area contributed by atoms with Gasteiger partial charge in [-0.05, 0) is 26.0 Å². The number of furan rings is 1. The van der Waals surface area contributed by atoms with Crippen LogP contribution in [0, 0.1) is 11.3 Å². The first-order chi connectivity index (χ1) is 5.74. The van der Waals surface area contributed by atoms with Gasteiger partial charge in [-0.15, -0.1) is 0 Å². The molecule has 0 radical (unpaired) electrons. The van der Waals surface area contributed by atoms with Crippen molar-refractivity contribution in [2.24, 2.45) is 0 Å². The maximum Gasteiger partial charge on any atom is 0.120 e. The fourth-order valence-electron chi connectivity index (χ4n) is 1.03.